The molecule has 1 aliphatic heterocycles. The van der Waals surface area contributed by atoms with E-state index in [0.717, 1.165) is 16.9 Å². The molecule has 2 rings (SSSR count). The van der Waals surface area contributed by atoms with Crippen molar-refractivity contribution in [2.24, 2.45) is 11.8 Å². The number of rotatable bonds is 14. The molecule has 0 aliphatic carbocycles. The molecular weight excluding hydrogens is 456 g/mol. The maximum absolute atomic E-state index is 11.1. The van der Waals surface area contributed by atoms with Gasteiger partial charge in [-0.05, 0) is 69.1 Å². The maximum atomic E-state index is 11.1. The monoisotopic (exact) mass is 502 g/mol. The summed E-state index contributed by atoms with van der Waals surface area (Å²) in [5.41, 5.74) is 0.312. The Balaban J connectivity index is 1.84. The van der Waals surface area contributed by atoms with Crippen molar-refractivity contribution in [2.45, 2.75) is 96.1 Å². The Bertz CT molecular complexity index is 861. The molecule has 1 saturated heterocycles. The van der Waals surface area contributed by atoms with Crippen molar-refractivity contribution in [1.29, 1.82) is 0 Å². The summed E-state index contributed by atoms with van der Waals surface area (Å²) in [5, 5.41) is 32.9. The first kappa shape index (κ1) is 30.3. The summed E-state index contributed by atoms with van der Waals surface area (Å²) in [6.45, 7) is 15.9. The van der Waals surface area contributed by atoms with Crippen molar-refractivity contribution >= 4 is 0 Å². The van der Waals surface area contributed by atoms with Crippen molar-refractivity contribution in [3.8, 4) is 5.75 Å². The summed E-state index contributed by atoms with van der Waals surface area (Å²) in [6, 6.07) is 7.80. The van der Waals surface area contributed by atoms with Crippen molar-refractivity contribution in [1.82, 2.24) is 0 Å². The number of hydrogen-bond donors (Lipinski definition) is 3. The lowest BCUT2D eigenvalue weighted by Gasteiger charge is -2.45. The minimum atomic E-state index is -1.75. The van der Waals surface area contributed by atoms with Gasteiger partial charge in [-0.15, -0.1) is 6.58 Å². The standard InChI is InChI=1S/C30H46O6/c1-8-10-27-17-21(2)19-30(33,36-27)29(6,32)16-9-11-22(3)28(31)18-23(4)24(5)35-20-25-12-14-26(34-7)15-13-25/h8-9,12-16,22-24,27-28,31-33H,1-2,10-11,17-20H2,3-7H3/b16-9+/t22-,23+,24-,27-,28-,29+,30-/m0/s1. The van der Waals surface area contributed by atoms with Gasteiger partial charge in [0.2, 0.25) is 5.79 Å². The van der Waals surface area contributed by atoms with E-state index in [1.54, 1.807) is 19.3 Å². The highest BCUT2D eigenvalue weighted by Gasteiger charge is 2.49. The van der Waals surface area contributed by atoms with E-state index in [4.69, 9.17) is 14.2 Å². The van der Waals surface area contributed by atoms with E-state index >= 15 is 0 Å². The van der Waals surface area contributed by atoms with Crippen LogP contribution in [0.5, 0.6) is 5.75 Å². The van der Waals surface area contributed by atoms with Gasteiger partial charge in [0.1, 0.15) is 11.4 Å². The van der Waals surface area contributed by atoms with Crippen molar-refractivity contribution < 1.29 is 29.5 Å². The topological polar surface area (TPSA) is 88.4 Å². The third-order valence-corrected chi connectivity index (χ3v) is 7.28. The molecule has 0 amide bonds. The molecule has 1 aromatic carbocycles. The second-order valence-corrected chi connectivity index (χ2v) is 10.6. The predicted octanol–water partition coefficient (Wildman–Crippen LogP) is 5.32. The van der Waals surface area contributed by atoms with Crippen LogP contribution in [0.2, 0.25) is 0 Å². The number of aliphatic hydroxyl groups is 3. The number of allylic oxidation sites excluding steroid dienone is 1. The number of hydrogen-bond acceptors (Lipinski definition) is 6. The van der Waals surface area contributed by atoms with Crippen LogP contribution in [0.1, 0.15) is 65.4 Å². The highest BCUT2D eigenvalue weighted by Crippen LogP contribution is 2.39. The SMILES string of the molecule is C=CC[C@H]1CC(=C)C[C@@](O)([C@](C)(O)/C=C/C[C@H](C)[C@@H](O)C[C@@H](C)[C@H](C)OCc2ccc(OC)cc2)O1. The maximum Gasteiger partial charge on any atom is 0.202 e. The predicted molar refractivity (Wildman–Crippen MR) is 144 cm³/mol. The highest BCUT2D eigenvalue weighted by molar-refractivity contribution is 5.26. The zero-order valence-corrected chi connectivity index (χ0v) is 22.7. The number of aliphatic hydroxyl groups excluding tert-OH is 1. The molecule has 1 aliphatic rings. The zero-order valence-electron chi connectivity index (χ0n) is 22.7. The Morgan fingerprint density at radius 1 is 1.22 bits per heavy atom. The Labute approximate surface area is 217 Å². The van der Waals surface area contributed by atoms with Crippen LogP contribution in [-0.2, 0) is 16.1 Å². The molecule has 3 N–H and O–H groups in total. The van der Waals surface area contributed by atoms with Gasteiger partial charge >= 0.3 is 0 Å². The second kappa shape index (κ2) is 13.5. The molecule has 6 nitrogen and oxygen atoms in total. The lowest BCUT2D eigenvalue weighted by Crippen LogP contribution is -2.56. The fraction of sp³-hybridized carbons (Fsp3) is 0.600. The summed E-state index contributed by atoms with van der Waals surface area (Å²) in [6.07, 6.45) is 6.86. The molecular formula is C30H46O6. The largest absolute Gasteiger partial charge is 0.497 e. The third kappa shape index (κ3) is 8.56. The molecule has 0 aromatic heterocycles. The fourth-order valence-electron chi connectivity index (χ4n) is 4.43. The van der Waals surface area contributed by atoms with Gasteiger partial charge in [-0.1, -0.05) is 56.4 Å². The molecule has 1 fully saturated rings. The minimum Gasteiger partial charge on any atom is -0.497 e. The first-order valence-electron chi connectivity index (χ1n) is 12.9. The van der Waals surface area contributed by atoms with Crippen molar-refractivity contribution in [3.05, 3.63) is 66.8 Å². The molecule has 0 saturated carbocycles. The number of ether oxygens (including phenoxy) is 3. The molecule has 0 bridgehead atoms. The fourth-order valence-corrected chi connectivity index (χ4v) is 4.43. The Morgan fingerprint density at radius 2 is 1.89 bits per heavy atom. The van der Waals surface area contributed by atoms with Crippen LogP contribution in [-0.4, -0.2) is 52.1 Å². The van der Waals surface area contributed by atoms with Crippen LogP contribution in [0.3, 0.4) is 0 Å². The number of benzene rings is 1. The average molecular weight is 503 g/mol. The van der Waals surface area contributed by atoms with Crippen molar-refractivity contribution in [3.63, 3.8) is 0 Å². The first-order valence-corrected chi connectivity index (χ1v) is 12.9. The molecule has 202 valence electrons. The van der Waals surface area contributed by atoms with E-state index in [1.807, 2.05) is 44.2 Å². The molecule has 1 aromatic rings. The number of methoxy groups -OCH3 is 1. The third-order valence-electron chi connectivity index (χ3n) is 7.28. The van der Waals surface area contributed by atoms with Crippen LogP contribution in [0.15, 0.2) is 61.2 Å². The van der Waals surface area contributed by atoms with E-state index in [2.05, 4.69) is 20.1 Å². The van der Waals surface area contributed by atoms with Crippen LogP contribution in [0, 0.1) is 11.8 Å². The smallest absolute Gasteiger partial charge is 0.202 e. The van der Waals surface area contributed by atoms with Gasteiger partial charge in [0, 0.05) is 6.42 Å². The van der Waals surface area contributed by atoms with Gasteiger partial charge < -0.3 is 29.5 Å². The van der Waals surface area contributed by atoms with Gasteiger partial charge in [-0.2, -0.15) is 0 Å². The highest BCUT2D eigenvalue weighted by atomic mass is 16.6. The lowest BCUT2D eigenvalue weighted by atomic mass is 9.83. The van der Waals surface area contributed by atoms with Gasteiger partial charge in [-0.25, -0.2) is 0 Å². The molecule has 6 heteroatoms. The summed E-state index contributed by atoms with van der Waals surface area (Å²) in [7, 11) is 1.64. The van der Waals surface area contributed by atoms with E-state index in [0.29, 0.717) is 32.3 Å². The molecule has 0 unspecified atom stereocenters. The summed E-state index contributed by atoms with van der Waals surface area (Å²) in [4.78, 5) is 0. The van der Waals surface area contributed by atoms with Gasteiger partial charge in [0.15, 0.2) is 0 Å². The van der Waals surface area contributed by atoms with E-state index in [1.165, 1.54) is 6.92 Å². The Hall–Kier alpha value is -1.96. The molecule has 0 spiro atoms. The molecule has 0 radical (unpaired) electrons. The van der Waals surface area contributed by atoms with Crippen molar-refractivity contribution in [2.75, 3.05) is 7.11 Å². The van der Waals surface area contributed by atoms with E-state index < -0.39 is 17.5 Å². The van der Waals surface area contributed by atoms with Crippen LogP contribution < -0.4 is 4.74 Å². The minimum absolute atomic E-state index is 0.0143. The normalized spacial score (nSPS) is 25.7. The average Bonchev–Trinajstić information content (AvgIpc) is 2.82. The van der Waals surface area contributed by atoms with Crippen LogP contribution >= 0.6 is 0 Å². The molecule has 7 atom stereocenters. The van der Waals surface area contributed by atoms with Gasteiger partial charge in [-0.3, -0.25) is 0 Å². The summed E-state index contributed by atoms with van der Waals surface area (Å²) < 4.78 is 17.1. The lowest BCUT2D eigenvalue weighted by molar-refractivity contribution is -0.305. The summed E-state index contributed by atoms with van der Waals surface area (Å²) >= 11 is 0. The molecule has 36 heavy (non-hydrogen) atoms. The van der Waals surface area contributed by atoms with Crippen LogP contribution in [0.4, 0.5) is 0 Å². The van der Waals surface area contributed by atoms with E-state index in [9.17, 15) is 15.3 Å². The summed E-state index contributed by atoms with van der Waals surface area (Å²) in [5.74, 6) is -0.800. The quantitative estimate of drug-likeness (QED) is 0.298. The second-order valence-electron chi connectivity index (χ2n) is 10.6. The van der Waals surface area contributed by atoms with Crippen LogP contribution in [0.25, 0.3) is 0 Å². The Morgan fingerprint density at radius 3 is 2.50 bits per heavy atom. The van der Waals surface area contributed by atoms with Gasteiger partial charge in [0.25, 0.3) is 0 Å². The Kier molecular flexibility index (Phi) is 11.4. The van der Waals surface area contributed by atoms with Gasteiger partial charge in [0.05, 0.1) is 32.0 Å². The van der Waals surface area contributed by atoms with E-state index in [-0.39, 0.29) is 30.5 Å². The first-order chi connectivity index (χ1) is 16.9. The zero-order chi connectivity index (χ0) is 26.9. The molecule has 1 heterocycles.